The minimum absolute atomic E-state index is 0.0328. The highest BCUT2D eigenvalue weighted by Crippen LogP contribution is 2.16. The Morgan fingerprint density at radius 1 is 1.35 bits per heavy atom. The van der Waals surface area contributed by atoms with Crippen LogP contribution in [0.5, 0.6) is 0 Å². The van der Waals surface area contributed by atoms with Crippen LogP contribution in [-0.4, -0.2) is 36.3 Å². The molecule has 2 rings (SSSR count). The molecule has 1 unspecified atom stereocenters. The normalized spacial score (nSPS) is 16.0. The number of nitrogens with zero attached hydrogens (tertiary/aromatic N) is 1. The average Bonchev–Trinajstić information content (AvgIpc) is 3.00. The van der Waals surface area contributed by atoms with Gasteiger partial charge in [0.15, 0.2) is 0 Å². The molecule has 0 aromatic heterocycles. The number of amides is 2. The van der Waals surface area contributed by atoms with E-state index in [2.05, 4.69) is 5.32 Å². The molecule has 1 heterocycles. The zero-order valence-electron chi connectivity index (χ0n) is 11.8. The summed E-state index contributed by atoms with van der Waals surface area (Å²) in [6.45, 7) is 3.71. The van der Waals surface area contributed by atoms with Crippen LogP contribution in [-0.2, 0) is 4.79 Å². The predicted molar refractivity (Wildman–Crippen MR) is 78.4 cm³/mol. The Morgan fingerprint density at radius 3 is 2.70 bits per heavy atom. The van der Waals surface area contributed by atoms with Crippen molar-refractivity contribution in [1.82, 2.24) is 4.90 Å². The number of hydrogen-bond donors (Lipinski definition) is 2. The highest BCUT2D eigenvalue weighted by molar-refractivity contribution is 5.97. The van der Waals surface area contributed by atoms with Gasteiger partial charge in [0, 0.05) is 36.8 Å². The number of carbonyl (C=O) groups is 2. The van der Waals surface area contributed by atoms with Gasteiger partial charge in [-0.25, -0.2) is 0 Å². The maximum absolute atomic E-state index is 12.3. The molecule has 2 amide bonds. The molecule has 1 aromatic carbocycles. The van der Waals surface area contributed by atoms with Crippen molar-refractivity contribution in [2.24, 2.45) is 11.7 Å². The summed E-state index contributed by atoms with van der Waals surface area (Å²) in [5, 5.41) is 2.79. The van der Waals surface area contributed by atoms with Crippen molar-refractivity contribution in [2.75, 3.05) is 25.0 Å². The summed E-state index contributed by atoms with van der Waals surface area (Å²) < 4.78 is 0. The number of benzene rings is 1. The monoisotopic (exact) mass is 275 g/mol. The molecule has 0 radical (unpaired) electrons. The minimum Gasteiger partial charge on any atom is -0.339 e. The lowest BCUT2D eigenvalue weighted by atomic mass is 10.1. The van der Waals surface area contributed by atoms with Crippen LogP contribution in [0, 0.1) is 5.92 Å². The Balaban J connectivity index is 2.07. The second-order valence-electron chi connectivity index (χ2n) is 5.21. The summed E-state index contributed by atoms with van der Waals surface area (Å²) >= 11 is 0. The van der Waals surface area contributed by atoms with Gasteiger partial charge in [-0.1, -0.05) is 13.0 Å². The average molecular weight is 275 g/mol. The van der Waals surface area contributed by atoms with Gasteiger partial charge in [-0.05, 0) is 31.0 Å². The summed E-state index contributed by atoms with van der Waals surface area (Å²) in [6.07, 6.45) is 2.13. The number of rotatable bonds is 4. The Bertz CT molecular complexity index is 496. The molecular formula is C15H21N3O2. The first-order chi connectivity index (χ1) is 9.61. The fraction of sp³-hybridized carbons (Fsp3) is 0.467. The molecule has 5 nitrogen and oxygen atoms in total. The zero-order valence-corrected chi connectivity index (χ0v) is 11.8. The molecule has 1 aliphatic rings. The van der Waals surface area contributed by atoms with Gasteiger partial charge in [0.2, 0.25) is 5.91 Å². The molecule has 5 heteroatoms. The van der Waals surface area contributed by atoms with E-state index in [-0.39, 0.29) is 17.7 Å². The number of anilines is 1. The number of carbonyl (C=O) groups excluding carboxylic acids is 2. The quantitative estimate of drug-likeness (QED) is 0.873. The first-order valence-corrected chi connectivity index (χ1v) is 7.02. The molecule has 1 atom stereocenters. The fourth-order valence-corrected chi connectivity index (χ4v) is 2.21. The molecular weight excluding hydrogens is 254 g/mol. The first kappa shape index (κ1) is 14.5. The molecule has 0 saturated carbocycles. The molecule has 0 aliphatic carbocycles. The van der Waals surface area contributed by atoms with Crippen LogP contribution in [0.15, 0.2) is 24.3 Å². The predicted octanol–water partition coefficient (Wildman–Crippen LogP) is 1.46. The van der Waals surface area contributed by atoms with Crippen LogP contribution in [0.4, 0.5) is 5.69 Å². The third kappa shape index (κ3) is 3.36. The van der Waals surface area contributed by atoms with Gasteiger partial charge in [-0.2, -0.15) is 0 Å². The van der Waals surface area contributed by atoms with Crippen LogP contribution in [0.1, 0.15) is 30.1 Å². The number of likely N-dealkylation sites (tertiary alicyclic amines) is 1. The summed E-state index contributed by atoms with van der Waals surface area (Å²) in [5.74, 6) is -0.336. The van der Waals surface area contributed by atoms with Crippen LogP contribution in [0.25, 0.3) is 0 Å². The van der Waals surface area contributed by atoms with Crippen LogP contribution in [0.3, 0.4) is 0 Å². The number of nitrogens with one attached hydrogen (secondary N) is 1. The molecule has 20 heavy (non-hydrogen) atoms. The van der Waals surface area contributed by atoms with Gasteiger partial charge >= 0.3 is 0 Å². The lowest BCUT2D eigenvalue weighted by molar-refractivity contribution is -0.119. The Labute approximate surface area is 119 Å². The number of nitrogens with two attached hydrogens (primary N) is 1. The second kappa shape index (κ2) is 6.52. The van der Waals surface area contributed by atoms with E-state index >= 15 is 0 Å². The van der Waals surface area contributed by atoms with E-state index in [4.69, 9.17) is 5.73 Å². The topological polar surface area (TPSA) is 75.4 Å². The minimum atomic E-state index is -0.243. The van der Waals surface area contributed by atoms with Crippen molar-refractivity contribution in [1.29, 1.82) is 0 Å². The molecule has 1 fully saturated rings. The third-order valence-corrected chi connectivity index (χ3v) is 3.57. The van der Waals surface area contributed by atoms with Crippen molar-refractivity contribution in [2.45, 2.75) is 19.8 Å². The smallest absolute Gasteiger partial charge is 0.253 e. The van der Waals surface area contributed by atoms with Gasteiger partial charge in [0.05, 0.1) is 0 Å². The summed E-state index contributed by atoms with van der Waals surface area (Å²) in [6, 6.07) is 7.07. The molecule has 108 valence electrons. The van der Waals surface area contributed by atoms with E-state index in [1.807, 2.05) is 4.90 Å². The molecule has 0 spiro atoms. The molecule has 0 bridgehead atoms. The van der Waals surface area contributed by atoms with Crippen molar-refractivity contribution in [3.05, 3.63) is 29.8 Å². The zero-order chi connectivity index (χ0) is 14.5. The van der Waals surface area contributed by atoms with Gasteiger partial charge in [0.1, 0.15) is 0 Å². The van der Waals surface area contributed by atoms with E-state index in [0.717, 1.165) is 25.9 Å². The Kier molecular flexibility index (Phi) is 4.74. The number of hydrogen-bond acceptors (Lipinski definition) is 3. The third-order valence-electron chi connectivity index (χ3n) is 3.57. The second-order valence-corrected chi connectivity index (χ2v) is 5.21. The van der Waals surface area contributed by atoms with Gasteiger partial charge < -0.3 is 16.0 Å². The highest BCUT2D eigenvalue weighted by atomic mass is 16.2. The first-order valence-electron chi connectivity index (χ1n) is 7.02. The summed E-state index contributed by atoms with van der Waals surface area (Å²) in [5.41, 5.74) is 6.72. The van der Waals surface area contributed by atoms with Gasteiger partial charge in [-0.15, -0.1) is 0 Å². The fourth-order valence-electron chi connectivity index (χ4n) is 2.21. The van der Waals surface area contributed by atoms with E-state index < -0.39 is 0 Å². The van der Waals surface area contributed by atoms with E-state index in [0.29, 0.717) is 17.8 Å². The summed E-state index contributed by atoms with van der Waals surface area (Å²) in [4.78, 5) is 25.9. The van der Waals surface area contributed by atoms with E-state index in [9.17, 15) is 9.59 Å². The van der Waals surface area contributed by atoms with E-state index in [1.165, 1.54) is 0 Å². The largest absolute Gasteiger partial charge is 0.339 e. The standard InChI is InChI=1S/C15H21N3O2/c1-11(10-16)14(19)17-13-6-4-5-12(9-13)15(20)18-7-2-3-8-18/h4-6,9,11H,2-3,7-8,10,16H2,1H3,(H,17,19). The summed E-state index contributed by atoms with van der Waals surface area (Å²) in [7, 11) is 0. The Hall–Kier alpha value is -1.88. The lowest BCUT2D eigenvalue weighted by Crippen LogP contribution is -2.28. The maximum Gasteiger partial charge on any atom is 0.253 e. The van der Waals surface area contributed by atoms with Crippen molar-refractivity contribution >= 4 is 17.5 Å². The molecule has 3 N–H and O–H groups in total. The van der Waals surface area contributed by atoms with E-state index in [1.54, 1.807) is 31.2 Å². The van der Waals surface area contributed by atoms with Crippen LogP contribution >= 0.6 is 0 Å². The SMILES string of the molecule is CC(CN)C(=O)Nc1cccc(C(=O)N2CCCC2)c1. The molecule has 1 aliphatic heterocycles. The Morgan fingerprint density at radius 2 is 2.05 bits per heavy atom. The van der Waals surface area contributed by atoms with Crippen molar-refractivity contribution in [3.8, 4) is 0 Å². The van der Waals surface area contributed by atoms with Gasteiger partial charge in [-0.3, -0.25) is 9.59 Å². The molecule has 1 aromatic rings. The van der Waals surface area contributed by atoms with Crippen molar-refractivity contribution in [3.63, 3.8) is 0 Å². The molecule has 1 saturated heterocycles. The van der Waals surface area contributed by atoms with Gasteiger partial charge in [0.25, 0.3) is 5.91 Å². The highest BCUT2D eigenvalue weighted by Gasteiger charge is 2.20. The van der Waals surface area contributed by atoms with Crippen LogP contribution in [0.2, 0.25) is 0 Å². The maximum atomic E-state index is 12.3. The van der Waals surface area contributed by atoms with Crippen LogP contribution < -0.4 is 11.1 Å². The van der Waals surface area contributed by atoms with Crippen molar-refractivity contribution < 1.29 is 9.59 Å². The lowest BCUT2D eigenvalue weighted by Gasteiger charge is -2.16.